The molecule has 0 saturated carbocycles. The van der Waals surface area contributed by atoms with Crippen LogP contribution in [0.1, 0.15) is 19.4 Å². The lowest BCUT2D eigenvalue weighted by atomic mass is 10.2. The lowest BCUT2D eigenvalue weighted by molar-refractivity contribution is -0.116. The summed E-state index contributed by atoms with van der Waals surface area (Å²) < 4.78 is 21.7. The summed E-state index contributed by atoms with van der Waals surface area (Å²) in [6.07, 6.45) is 3.06. The highest BCUT2D eigenvalue weighted by Gasteiger charge is 2.12. The predicted octanol–water partition coefficient (Wildman–Crippen LogP) is 4.35. The van der Waals surface area contributed by atoms with Crippen LogP contribution in [0.15, 0.2) is 42.5 Å². The van der Waals surface area contributed by atoms with Gasteiger partial charge in [-0.15, -0.1) is 0 Å². The molecule has 0 fully saturated rings. The normalized spacial score (nSPS) is 10.8. The van der Waals surface area contributed by atoms with Crippen LogP contribution in [-0.2, 0) is 4.79 Å². The van der Waals surface area contributed by atoms with Gasteiger partial charge in [-0.2, -0.15) is 0 Å². The monoisotopic (exact) mass is 419 g/mol. The maximum Gasteiger partial charge on any atom is 0.244 e. The summed E-state index contributed by atoms with van der Waals surface area (Å²) in [4.78, 5) is 12.0. The zero-order valence-electron chi connectivity index (χ0n) is 17.0. The van der Waals surface area contributed by atoms with Crippen LogP contribution in [0.4, 0.5) is 0 Å². The first-order chi connectivity index (χ1) is 13.9. The van der Waals surface area contributed by atoms with Crippen LogP contribution < -0.4 is 24.3 Å². The van der Waals surface area contributed by atoms with Gasteiger partial charge in [0.25, 0.3) is 0 Å². The number of nitrogens with one attached hydrogen (secondary N) is 1. The lowest BCUT2D eigenvalue weighted by Gasteiger charge is -2.15. The van der Waals surface area contributed by atoms with Crippen molar-refractivity contribution in [1.29, 1.82) is 0 Å². The molecule has 1 amide bonds. The molecule has 0 aliphatic heterocycles. The predicted molar refractivity (Wildman–Crippen MR) is 114 cm³/mol. The molecule has 0 saturated heterocycles. The van der Waals surface area contributed by atoms with E-state index in [9.17, 15) is 4.79 Å². The Morgan fingerprint density at radius 3 is 2.41 bits per heavy atom. The second-order valence-electron chi connectivity index (χ2n) is 6.35. The third-order valence-electron chi connectivity index (χ3n) is 3.76. The number of methoxy groups -OCH3 is 2. The second kappa shape index (κ2) is 11.2. The summed E-state index contributed by atoms with van der Waals surface area (Å²) in [7, 11) is 3.15. The zero-order valence-corrected chi connectivity index (χ0v) is 17.8. The van der Waals surface area contributed by atoms with E-state index in [0.29, 0.717) is 35.4 Å². The highest BCUT2D eigenvalue weighted by Crippen LogP contribution is 2.37. The van der Waals surface area contributed by atoms with Crippen LogP contribution in [0.25, 0.3) is 6.08 Å². The molecule has 0 radical (unpaired) electrons. The Morgan fingerprint density at radius 1 is 1.10 bits per heavy atom. The van der Waals surface area contributed by atoms with Crippen molar-refractivity contribution in [2.75, 3.05) is 27.4 Å². The van der Waals surface area contributed by atoms with Crippen molar-refractivity contribution in [1.82, 2.24) is 5.32 Å². The standard InChI is InChI=1S/C22H26ClNO5/c1-15(2)29-22-19(23)13-16(14-20(22)27-4)5-10-21(25)24-11-12-28-18-8-6-17(26-3)7-9-18/h5-10,13-15H,11-12H2,1-4H3,(H,24,25). The Hall–Kier alpha value is -2.86. The van der Waals surface area contributed by atoms with E-state index >= 15 is 0 Å². The number of rotatable bonds is 10. The van der Waals surface area contributed by atoms with Crippen molar-refractivity contribution in [3.63, 3.8) is 0 Å². The average molecular weight is 420 g/mol. The van der Waals surface area contributed by atoms with Crippen molar-refractivity contribution in [3.8, 4) is 23.0 Å². The van der Waals surface area contributed by atoms with E-state index in [1.807, 2.05) is 38.1 Å². The molecule has 0 aromatic heterocycles. The maximum atomic E-state index is 12.0. The third kappa shape index (κ3) is 7.23. The minimum Gasteiger partial charge on any atom is -0.497 e. The van der Waals surface area contributed by atoms with Gasteiger partial charge >= 0.3 is 0 Å². The number of hydrogen-bond donors (Lipinski definition) is 1. The number of hydrogen-bond acceptors (Lipinski definition) is 5. The van der Waals surface area contributed by atoms with Crippen LogP contribution >= 0.6 is 11.6 Å². The second-order valence-corrected chi connectivity index (χ2v) is 6.76. The number of benzene rings is 2. The molecule has 2 aromatic rings. The first-order valence-corrected chi connectivity index (χ1v) is 9.57. The molecule has 0 spiro atoms. The molecule has 29 heavy (non-hydrogen) atoms. The van der Waals surface area contributed by atoms with Gasteiger partial charge in [-0.3, -0.25) is 4.79 Å². The fraction of sp³-hybridized carbons (Fsp3) is 0.318. The van der Waals surface area contributed by atoms with Crippen molar-refractivity contribution in [3.05, 3.63) is 53.1 Å². The fourth-order valence-corrected chi connectivity index (χ4v) is 2.70. The summed E-state index contributed by atoms with van der Waals surface area (Å²) in [5.41, 5.74) is 0.729. The molecule has 2 rings (SSSR count). The molecular weight excluding hydrogens is 394 g/mol. The molecule has 0 unspecified atom stereocenters. The number of carbonyl (C=O) groups excluding carboxylic acids is 1. The van der Waals surface area contributed by atoms with Crippen molar-refractivity contribution in [2.45, 2.75) is 20.0 Å². The van der Waals surface area contributed by atoms with Gasteiger partial charge in [0.15, 0.2) is 11.5 Å². The minimum atomic E-state index is -0.235. The van der Waals surface area contributed by atoms with Crippen LogP contribution in [0.5, 0.6) is 23.0 Å². The van der Waals surface area contributed by atoms with Gasteiger partial charge in [0, 0.05) is 6.08 Å². The zero-order chi connectivity index (χ0) is 21.2. The van der Waals surface area contributed by atoms with Gasteiger partial charge < -0.3 is 24.3 Å². The summed E-state index contributed by atoms with van der Waals surface area (Å²) in [5.74, 6) is 2.24. The van der Waals surface area contributed by atoms with Gasteiger partial charge in [0.05, 0.1) is 31.9 Å². The largest absolute Gasteiger partial charge is 0.497 e. The quantitative estimate of drug-likeness (QED) is 0.458. The molecule has 0 aliphatic rings. The van der Waals surface area contributed by atoms with E-state index < -0.39 is 0 Å². The molecule has 6 nitrogen and oxygen atoms in total. The minimum absolute atomic E-state index is 0.0336. The number of carbonyl (C=O) groups is 1. The SMILES string of the molecule is COc1ccc(OCCNC(=O)C=Cc2cc(Cl)c(OC(C)C)c(OC)c2)cc1. The van der Waals surface area contributed by atoms with Crippen molar-refractivity contribution < 1.29 is 23.7 Å². The van der Waals surface area contributed by atoms with Gasteiger partial charge in [-0.1, -0.05) is 11.6 Å². The van der Waals surface area contributed by atoms with Crippen molar-refractivity contribution >= 4 is 23.6 Å². The molecule has 0 aliphatic carbocycles. The highest BCUT2D eigenvalue weighted by atomic mass is 35.5. The van der Waals surface area contributed by atoms with E-state index in [2.05, 4.69) is 5.32 Å². The number of amides is 1. The van der Waals surface area contributed by atoms with E-state index in [4.69, 9.17) is 30.5 Å². The Kier molecular flexibility index (Phi) is 8.68. The summed E-state index contributed by atoms with van der Waals surface area (Å²) >= 11 is 6.29. The Balaban J connectivity index is 1.85. The van der Waals surface area contributed by atoms with Gasteiger partial charge in [0.1, 0.15) is 18.1 Å². The molecule has 0 heterocycles. The molecule has 7 heteroatoms. The van der Waals surface area contributed by atoms with E-state index in [1.165, 1.54) is 6.08 Å². The maximum absolute atomic E-state index is 12.0. The molecule has 0 atom stereocenters. The summed E-state index contributed by atoms with van der Waals surface area (Å²) in [6.45, 7) is 4.55. The summed E-state index contributed by atoms with van der Waals surface area (Å²) in [6, 6.07) is 10.7. The van der Waals surface area contributed by atoms with Crippen LogP contribution in [0, 0.1) is 0 Å². The molecule has 2 aromatic carbocycles. The number of ether oxygens (including phenoxy) is 4. The Labute approximate surface area is 176 Å². The average Bonchev–Trinajstić information content (AvgIpc) is 2.71. The first-order valence-electron chi connectivity index (χ1n) is 9.20. The number of halogens is 1. The van der Waals surface area contributed by atoms with Gasteiger partial charge in [0.2, 0.25) is 5.91 Å². The first kappa shape index (κ1) is 22.4. The lowest BCUT2D eigenvalue weighted by Crippen LogP contribution is -2.26. The molecule has 156 valence electrons. The van der Waals surface area contributed by atoms with Gasteiger partial charge in [-0.05, 0) is 61.9 Å². The van der Waals surface area contributed by atoms with Crippen LogP contribution in [0.3, 0.4) is 0 Å². The van der Waals surface area contributed by atoms with Crippen LogP contribution in [-0.4, -0.2) is 39.4 Å². The topological polar surface area (TPSA) is 66.0 Å². The van der Waals surface area contributed by atoms with Crippen LogP contribution in [0.2, 0.25) is 5.02 Å². The van der Waals surface area contributed by atoms with E-state index in [1.54, 1.807) is 32.4 Å². The highest BCUT2D eigenvalue weighted by molar-refractivity contribution is 6.32. The molecular formula is C22H26ClNO5. The molecule has 1 N–H and O–H groups in total. The van der Waals surface area contributed by atoms with Gasteiger partial charge in [-0.25, -0.2) is 0 Å². The third-order valence-corrected chi connectivity index (χ3v) is 4.04. The Morgan fingerprint density at radius 2 is 1.79 bits per heavy atom. The van der Waals surface area contributed by atoms with E-state index in [0.717, 1.165) is 11.3 Å². The fourth-order valence-electron chi connectivity index (χ4n) is 2.43. The smallest absolute Gasteiger partial charge is 0.244 e. The summed E-state index contributed by atoms with van der Waals surface area (Å²) in [5, 5.41) is 3.18. The Bertz CT molecular complexity index is 834. The van der Waals surface area contributed by atoms with E-state index in [-0.39, 0.29) is 12.0 Å². The van der Waals surface area contributed by atoms with Crippen molar-refractivity contribution in [2.24, 2.45) is 0 Å². The molecule has 0 bridgehead atoms.